The Morgan fingerprint density at radius 2 is 1.50 bits per heavy atom. The van der Waals surface area contributed by atoms with E-state index in [1.165, 1.54) is 49.8 Å². The number of hydrogen-bond donors (Lipinski definition) is 1. The molecule has 0 heterocycles. The molecule has 5 heteroatoms. The van der Waals surface area contributed by atoms with Crippen LogP contribution in [0, 0.1) is 29.5 Å². The predicted octanol–water partition coefficient (Wildman–Crippen LogP) is 5.75. The summed E-state index contributed by atoms with van der Waals surface area (Å²) in [6, 6.07) is 13.2. The second kappa shape index (κ2) is 9.15. The van der Waals surface area contributed by atoms with Crippen LogP contribution in [0.15, 0.2) is 42.5 Å². The van der Waals surface area contributed by atoms with Crippen molar-refractivity contribution in [3.05, 3.63) is 59.4 Å². The molecule has 0 amide bonds. The fourth-order valence-corrected chi connectivity index (χ4v) is 6.18. The van der Waals surface area contributed by atoms with E-state index in [0.717, 1.165) is 47.3 Å². The van der Waals surface area contributed by atoms with Gasteiger partial charge in [-0.1, -0.05) is 18.2 Å². The summed E-state index contributed by atoms with van der Waals surface area (Å²) >= 11 is 0. The minimum atomic E-state index is -0.234. The number of rotatable bonds is 7. The molecule has 2 aromatic rings. The first-order chi connectivity index (χ1) is 14.2. The zero-order valence-electron chi connectivity index (χ0n) is 17.5. The van der Waals surface area contributed by atoms with Gasteiger partial charge in [0.15, 0.2) is 11.5 Å². The van der Waals surface area contributed by atoms with Crippen LogP contribution in [0.2, 0.25) is 0 Å². The molecule has 4 aliphatic carbocycles. The van der Waals surface area contributed by atoms with E-state index >= 15 is 0 Å². The summed E-state index contributed by atoms with van der Waals surface area (Å²) in [6.07, 6.45) is 7.24. The third-order valence-electron chi connectivity index (χ3n) is 7.30. The van der Waals surface area contributed by atoms with Crippen LogP contribution < -0.4 is 14.8 Å². The van der Waals surface area contributed by atoms with Gasteiger partial charge < -0.3 is 14.8 Å². The van der Waals surface area contributed by atoms with Gasteiger partial charge in [0.25, 0.3) is 0 Å². The molecule has 4 fully saturated rings. The summed E-state index contributed by atoms with van der Waals surface area (Å²) in [7, 11) is 1.68. The third kappa shape index (κ3) is 4.45. The quantitative estimate of drug-likeness (QED) is 0.605. The smallest absolute Gasteiger partial charge is 0.161 e. The molecular weight excluding hydrogens is 401 g/mol. The molecule has 0 spiro atoms. The normalized spacial score (nSPS) is 28.8. The lowest BCUT2D eigenvalue weighted by Crippen LogP contribution is -2.54. The van der Waals surface area contributed by atoms with Crippen molar-refractivity contribution in [1.29, 1.82) is 0 Å². The van der Waals surface area contributed by atoms with Crippen LogP contribution in [-0.2, 0) is 13.2 Å². The molecule has 4 bridgehead atoms. The topological polar surface area (TPSA) is 30.5 Å². The van der Waals surface area contributed by atoms with Gasteiger partial charge in [0.05, 0.1) is 7.11 Å². The first kappa shape index (κ1) is 21.5. The van der Waals surface area contributed by atoms with Crippen molar-refractivity contribution >= 4 is 12.4 Å². The van der Waals surface area contributed by atoms with Crippen LogP contribution >= 0.6 is 12.4 Å². The number of hydrogen-bond acceptors (Lipinski definition) is 3. The van der Waals surface area contributed by atoms with E-state index < -0.39 is 0 Å². The fourth-order valence-electron chi connectivity index (χ4n) is 6.18. The van der Waals surface area contributed by atoms with Crippen LogP contribution in [-0.4, -0.2) is 13.2 Å². The van der Waals surface area contributed by atoms with Crippen LogP contribution in [0.3, 0.4) is 0 Å². The zero-order chi connectivity index (χ0) is 19.8. The van der Waals surface area contributed by atoms with E-state index in [0.29, 0.717) is 12.6 Å². The monoisotopic (exact) mass is 431 g/mol. The van der Waals surface area contributed by atoms with E-state index in [4.69, 9.17) is 9.47 Å². The molecule has 4 aliphatic rings. The SMILES string of the molecule is COc1cc(CNC2C3CC4CC(C3)CC2C4)ccc1OCc1ccc(F)cc1.Cl. The molecule has 30 heavy (non-hydrogen) atoms. The zero-order valence-corrected chi connectivity index (χ0v) is 18.3. The summed E-state index contributed by atoms with van der Waals surface area (Å²) in [4.78, 5) is 0. The Morgan fingerprint density at radius 3 is 2.13 bits per heavy atom. The highest BCUT2D eigenvalue weighted by Crippen LogP contribution is 2.53. The number of halogens is 2. The van der Waals surface area contributed by atoms with Gasteiger partial charge in [0.1, 0.15) is 12.4 Å². The maximum absolute atomic E-state index is 13.0. The summed E-state index contributed by atoms with van der Waals surface area (Å²) < 4.78 is 24.5. The first-order valence-corrected chi connectivity index (χ1v) is 11.0. The van der Waals surface area contributed by atoms with Gasteiger partial charge in [-0.05, 0) is 91.2 Å². The molecule has 3 nitrogen and oxygen atoms in total. The molecule has 0 aromatic heterocycles. The molecule has 0 aliphatic heterocycles. The molecule has 0 atom stereocenters. The Labute approximate surface area is 184 Å². The van der Waals surface area contributed by atoms with Gasteiger partial charge in [0.2, 0.25) is 0 Å². The average molecular weight is 432 g/mol. The average Bonchev–Trinajstić information content (AvgIpc) is 2.72. The molecule has 1 N–H and O–H groups in total. The Morgan fingerprint density at radius 1 is 0.867 bits per heavy atom. The van der Waals surface area contributed by atoms with Gasteiger partial charge in [-0.2, -0.15) is 0 Å². The molecule has 4 saturated carbocycles. The summed E-state index contributed by atoms with van der Waals surface area (Å²) in [6.45, 7) is 1.27. The van der Waals surface area contributed by atoms with Crippen molar-refractivity contribution in [3.63, 3.8) is 0 Å². The van der Waals surface area contributed by atoms with Crippen molar-refractivity contribution in [3.8, 4) is 11.5 Å². The van der Waals surface area contributed by atoms with E-state index in [9.17, 15) is 4.39 Å². The summed E-state index contributed by atoms with van der Waals surface area (Å²) in [5.41, 5.74) is 2.16. The standard InChI is InChI=1S/C25H30FNO2.ClH/c1-28-24-13-17(4-7-23(24)29-15-16-2-5-22(26)6-3-16)14-27-25-20-9-18-8-19(11-20)12-21(25)10-18;/h2-7,13,18-21,25,27H,8-12,14-15H2,1H3;1H. The van der Waals surface area contributed by atoms with Gasteiger partial charge in [0, 0.05) is 12.6 Å². The summed E-state index contributed by atoms with van der Waals surface area (Å²) in [5, 5.41) is 3.88. The molecule has 0 unspecified atom stereocenters. The summed E-state index contributed by atoms with van der Waals surface area (Å²) in [5.74, 6) is 5.01. The molecule has 2 aromatic carbocycles. The highest BCUT2D eigenvalue weighted by molar-refractivity contribution is 5.85. The van der Waals surface area contributed by atoms with Crippen molar-refractivity contribution in [2.45, 2.75) is 51.3 Å². The van der Waals surface area contributed by atoms with Crippen LogP contribution in [0.4, 0.5) is 4.39 Å². The van der Waals surface area contributed by atoms with Crippen LogP contribution in [0.5, 0.6) is 11.5 Å². The molecule has 0 saturated heterocycles. The minimum Gasteiger partial charge on any atom is -0.493 e. The minimum absolute atomic E-state index is 0. The lowest BCUT2D eigenvalue weighted by Gasteiger charge is -2.54. The predicted molar refractivity (Wildman–Crippen MR) is 119 cm³/mol. The lowest BCUT2D eigenvalue weighted by atomic mass is 9.54. The number of methoxy groups -OCH3 is 1. The number of nitrogens with one attached hydrogen (secondary N) is 1. The maximum Gasteiger partial charge on any atom is 0.161 e. The Hall–Kier alpha value is -1.78. The van der Waals surface area contributed by atoms with Crippen molar-refractivity contribution in [2.75, 3.05) is 7.11 Å². The highest BCUT2D eigenvalue weighted by atomic mass is 35.5. The van der Waals surface area contributed by atoms with Gasteiger partial charge in [-0.25, -0.2) is 4.39 Å². The first-order valence-electron chi connectivity index (χ1n) is 11.0. The Kier molecular flexibility index (Phi) is 6.54. The van der Waals surface area contributed by atoms with Gasteiger partial charge >= 0.3 is 0 Å². The number of ether oxygens (including phenoxy) is 2. The van der Waals surface area contributed by atoms with Crippen LogP contribution in [0.25, 0.3) is 0 Å². The highest BCUT2D eigenvalue weighted by Gasteiger charge is 2.47. The molecule has 6 rings (SSSR count). The van der Waals surface area contributed by atoms with E-state index in [1.54, 1.807) is 19.2 Å². The fraction of sp³-hybridized carbons (Fsp3) is 0.520. The Balaban J connectivity index is 0.00000218. The second-order valence-corrected chi connectivity index (χ2v) is 9.24. The molecule has 0 radical (unpaired) electrons. The molecule has 162 valence electrons. The second-order valence-electron chi connectivity index (χ2n) is 9.24. The third-order valence-corrected chi connectivity index (χ3v) is 7.30. The Bertz CT molecular complexity index is 829. The van der Waals surface area contributed by atoms with Gasteiger partial charge in [-0.15, -0.1) is 12.4 Å². The molecular formula is C25H31ClFNO2. The van der Waals surface area contributed by atoms with Crippen molar-refractivity contribution < 1.29 is 13.9 Å². The van der Waals surface area contributed by atoms with E-state index in [-0.39, 0.29) is 18.2 Å². The van der Waals surface area contributed by atoms with Gasteiger partial charge in [-0.3, -0.25) is 0 Å². The van der Waals surface area contributed by atoms with Crippen molar-refractivity contribution in [1.82, 2.24) is 5.32 Å². The largest absolute Gasteiger partial charge is 0.493 e. The lowest BCUT2D eigenvalue weighted by molar-refractivity contribution is -0.0142. The van der Waals surface area contributed by atoms with E-state index in [1.807, 2.05) is 6.07 Å². The van der Waals surface area contributed by atoms with E-state index in [2.05, 4.69) is 17.4 Å². The maximum atomic E-state index is 13.0. The van der Waals surface area contributed by atoms with Crippen molar-refractivity contribution in [2.24, 2.45) is 23.7 Å². The van der Waals surface area contributed by atoms with Crippen LogP contribution in [0.1, 0.15) is 43.2 Å². The number of benzene rings is 2.